The molecule has 0 rings (SSSR count). The van der Waals surface area contributed by atoms with E-state index in [1.165, 1.54) is 32.1 Å². The first-order valence-electron chi connectivity index (χ1n) is 8.64. The smallest absolute Gasteiger partial charge is 0.119 e. The lowest BCUT2D eigenvalue weighted by atomic mass is 10.1. The minimum atomic E-state index is 0.688. The Bertz CT molecular complexity index is 203. The summed E-state index contributed by atoms with van der Waals surface area (Å²) in [5, 5.41) is 0. The van der Waals surface area contributed by atoms with Crippen molar-refractivity contribution in [1.29, 1.82) is 0 Å². The van der Waals surface area contributed by atoms with Gasteiger partial charge in [0.2, 0.25) is 0 Å². The molecule has 0 unspecified atom stereocenters. The average Bonchev–Trinajstić information content (AvgIpc) is 2.51. The summed E-state index contributed by atoms with van der Waals surface area (Å²) in [6, 6.07) is 0. The molecule has 0 aliphatic heterocycles. The molecule has 0 saturated heterocycles. The highest BCUT2D eigenvalue weighted by Crippen LogP contribution is 2.05. The van der Waals surface area contributed by atoms with Crippen LogP contribution in [0.3, 0.4) is 0 Å². The van der Waals surface area contributed by atoms with Crippen molar-refractivity contribution in [2.75, 3.05) is 0 Å². The predicted octanol–water partition coefficient (Wildman–Crippen LogP) is 5.05. The van der Waals surface area contributed by atoms with Gasteiger partial charge in [-0.25, -0.2) is 0 Å². The van der Waals surface area contributed by atoms with Gasteiger partial charge in [0.25, 0.3) is 0 Å². The van der Waals surface area contributed by atoms with Gasteiger partial charge in [-0.1, -0.05) is 58.3 Å². The second-order valence-corrected chi connectivity index (χ2v) is 5.40. The Balaban J connectivity index is 0. The maximum atomic E-state index is 9.89. The van der Waals surface area contributed by atoms with Crippen molar-refractivity contribution < 1.29 is 14.4 Å². The van der Waals surface area contributed by atoms with E-state index in [9.17, 15) is 14.4 Å². The van der Waals surface area contributed by atoms with Gasteiger partial charge < -0.3 is 14.4 Å². The number of unbranched alkanes of at least 4 members (excludes halogenated alkanes) is 12. The van der Waals surface area contributed by atoms with E-state index in [2.05, 4.69) is 6.92 Å². The van der Waals surface area contributed by atoms with Gasteiger partial charge in [-0.05, 0) is 19.3 Å². The zero-order valence-electron chi connectivity index (χ0n) is 13.9. The molecule has 3 heteroatoms. The molecule has 0 N–H and O–H groups in total. The summed E-state index contributed by atoms with van der Waals surface area (Å²) in [6.45, 7) is 2.21. The molecule has 0 aliphatic carbocycles. The van der Waals surface area contributed by atoms with Crippen LogP contribution < -0.4 is 0 Å². The van der Waals surface area contributed by atoms with E-state index in [1.54, 1.807) is 0 Å². The third-order valence-electron chi connectivity index (χ3n) is 3.32. The lowest BCUT2D eigenvalue weighted by Crippen LogP contribution is -1.81. The average molecular weight is 298 g/mol. The van der Waals surface area contributed by atoms with Gasteiger partial charge >= 0.3 is 0 Å². The van der Waals surface area contributed by atoms with Crippen LogP contribution in [0.15, 0.2) is 0 Å². The molecule has 0 atom stereocenters. The quantitative estimate of drug-likeness (QED) is 0.314. The van der Waals surface area contributed by atoms with Gasteiger partial charge in [-0.3, -0.25) is 0 Å². The van der Waals surface area contributed by atoms with Crippen LogP contribution in [0, 0.1) is 0 Å². The van der Waals surface area contributed by atoms with Crippen LogP contribution in [0.25, 0.3) is 0 Å². The van der Waals surface area contributed by atoms with Crippen LogP contribution >= 0.6 is 0 Å². The molecule has 0 radical (unpaired) electrons. The van der Waals surface area contributed by atoms with E-state index >= 15 is 0 Å². The fraction of sp³-hybridized carbons (Fsp3) is 0.833. The number of hydrogen-bond acceptors (Lipinski definition) is 3. The fourth-order valence-corrected chi connectivity index (χ4v) is 1.99. The first kappa shape index (κ1) is 22.3. The molecule has 0 bridgehead atoms. The van der Waals surface area contributed by atoms with E-state index in [4.69, 9.17) is 0 Å². The molecule has 0 saturated carbocycles. The Kier molecular flexibility index (Phi) is 25.5. The van der Waals surface area contributed by atoms with E-state index < -0.39 is 0 Å². The molecule has 21 heavy (non-hydrogen) atoms. The van der Waals surface area contributed by atoms with Gasteiger partial charge in [0, 0.05) is 19.3 Å². The Hall–Kier alpha value is -0.990. The molecule has 0 aromatic heterocycles. The highest BCUT2D eigenvalue weighted by molar-refractivity contribution is 5.49. The molecular formula is C18H34O3. The second-order valence-electron chi connectivity index (χ2n) is 5.40. The zero-order chi connectivity index (χ0) is 16.0. The van der Waals surface area contributed by atoms with Crippen LogP contribution in [0.1, 0.15) is 96.8 Å². The van der Waals surface area contributed by atoms with Crippen molar-refractivity contribution in [2.24, 2.45) is 0 Å². The molecule has 0 spiro atoms. The maximum absolute atomic E-state index is 9.89. The van der Waals surface area contributed by atoms with Crippen molar-refractivity contribution in [3.05, 3.63) is 0 Å². The topological polar surface area (TPSA) is 51.2 Å². The van der Waals surface area contributed by atoms with E-state index in [0.717, 1.165) is 63.8 Å². The first-order valence-corrected chi connectivity index (χ1v) is 8.64. The van der Waals surface area contributed by atoms with Crippen LogP contribution in [-0.4, -0.2) is 18.9 Å². The highest BCUT2D eigenvalue weighted by atomic mass is 16.1. The normalized spacial score (nSPS) is 9.57. The van der Waals surface area contributed by atoms with Crippen LogP contribution in [0.5, 0.6) is 0 Å². The minimum Gasteiger partial charge on any atom is -0.303 e. The van der Waals surface area contributed by atoms with Crippen LogP contribution in [0.2, 0.25) is 0 Å². The molecule has 0 aromatic rings. The van der Waals surface area contributed by atoms with Gasteiger partial charge in [-0.2, -0.15) is 0 Å². The van der Waals surface area contributed by atoms with Crippen LogP contribution in [0.4, 0.5) is 0 Å². The maximum Gasteiger partial charge on any atom is 0.119 e. The fourth-order valence-electron chi connectivity index (χ4n) is 1.99. The van der Waals surface area contributed by atoms with Gasteiger partial charge in [0.1, 0.15) is 18.9 Å². The zero-order valence-corrected chi connectivity index (χ0v) is 13.9. The predicted molar refractivity (Wildman–Crippen MR) is 88.5 cm³/mol. The molecule has 0 aromatic carbocycles. The summed E-state index contributed by atoms with van der Waals surface area (Å²) in [6.07, 6.45) is 18.1. The summed E-state index contributed by atoms with van der Waals surface area (Å²) >= 11 is 0. The van der Waals surface area contributed by atoms with E-state index in [0.29, 0.717) is 12.8 Å². The van der Waals surface area contributed by atoms with Crippen molar-refractivity contribution >= 4 is 18.9 Å². The third-order valence-corrected chi connectivity index (χ3v) is 3.32. The Morgan fingerprint density at radius 1 is 0.476 bits per heavy atom. The minimum absolute atomic E-state index is 0.688. The van der Waals surface area contributed by atoms with Gasteiger partial charge in [0.15, 0.2) is 0 Å². The number of carbonyl (C=O) groups excluding carboxylic acids is 3. The number of hydrogen-bond donors (Lipinski definition) is 0. The lowest BCUT2D eigenvalue weighted by Gasteiger charge is -1.95. The molecule has 3 nitrogen and oxygen atoms in total. The van der Waals surface area contributed by atoms with Crippen molar-refractivity contribution in [2.45, 2.75) is 96.8 Å². The van der Waals surface area contributed by atoms with Crippen molar-refractivity contribution in [3.63, 3.8) is 0 Å². The van der Waals surface area contributed by atoms with E-state index in [1.807, 2.05) is 0 Å². The Morgan fingerprint density at radius 2 is 0.762 bits per heavy atom. The molecule has 0 fully saturated rings. The SMILES string of the molecule is CCCCCCCCC=O.O=CCCCCCCCC=O. The molecular weight excluding hydrogens is 264 g/mol. The third kappa shape index (κ3) is 28.0. The molecule has 0 amide bonds. The number of carbonyl (C=O) groups is 3. The van der Waals surface area contributed by atoms with Crippen molar-refractivity contribution in [3.8, 4) is 0 Å². The largest absolute Gasteiger partial charge is 0.303 e. The number of aldehydes is 3. The molecule has 0 heterocycles. The summed E-state index contributed by atoms with van der Waals surface area (Å²) in [5.41, 5.74) is 0. The molecule has 124 valence electrons. The Labute approximate surface area is 130 Å². The standard InChI is InChI=1S/C9H16O2.C9H18O/c10-8-6-4-2-1-3-5-7-9-11;1-2-3-4-5-6-7-8-9-10/h8-9H,1-7H2;9H,2-8H2,1H3. The second kappa shape index (κ2) is 24.1. The Morgan fingerprint density at radius 3 is 1.05 bits per heavy atom. The number of rotatable bonds is 15. The van der Waals surface area contributed by atoms with Gasteiger partial charge in [0.05, 0.1) is 0 Å². The van der Waals surface area contributed by atoms with Gasteiger partial charge in [-0.15, -0.1) is 0 Å². The highest BCUT2D eigenvalue weighted by Gasteiger charge is 1.89. The summed E-state index contributed by atoms with van der Waals surface area (Å²) in [5.74, 6) is 0. The first-order chi connectivity index (χ1) is 10.3. The lowest BCUT2D eigenvalue weighted by molar-refractivity contribution is -0.108. The molecule has 0 aliphatic rings. The van der Waals surface area contributed by atoms with E-state index in [-0.39, 0.29) is 0 Å². The monoisotopic (exact) mass is 298 g/mol. The summed E-state index contributed by atoms with van der Waals surface area (Å²) < 4.78 is 0. The van der Waals surface area contributed by atoms with Crippen molar-refractivity contribution in [1.82, 2.24) is 0 Å². The van der Waals surface area contributed by atoms with Crippen LogP contribution in [-0.2, 0) is 14.4 Å². The summed E-state index contributed by atoms with van der Waals surface area (Å²) in [4.78, 5) is 29.7. The summed E-state index contributed by atoms with van der Waals surface area (Å²) in [7, 11) is 0.